The van der Waals surface area contributed by atoms with E-state index < -0.39 is 23.7 Å². The van der Waals surface area contributed by atoms with Crippen molar-refractivity contribution < 1.29 is 23.8 Å². The number of benzene rings is 1. The van der Waals surface area contributed by atoms with Crippen molar-refractivity contribution in [2.45, 2.75) is 51.4 Å². The van der Waals surface area contributed by atoms with Gasteiger partial charge in [-0.3, -0.25) is 9.69 Å². The highest BCUT2D eigenvalue weighted by atomic mass is 16.6. The summed E-state index contributed by atoms with van der Waals surface area (Å²) in [7, 11) is 1.55. The van der Waals surface area contributed by atoms with Crippen LogP contribution in [0.25, 0.3) is 16.7 Å². The third-order valence-corrected chi connectivity index (χ3v) is 5.89. The number of para-hydroxylation sites is 1. The molecule has 1 aliphatic carbocycles. The monoisotopic (exact) mass is 493 g/mol. The van der Waals surface area contributed by atoms with Gasteiger partial charge in [0.15, 0.2) is 17.6 Å². The van der Waals surface area contributed by atoms with Gasteiger partial charge in [-0.15, -0.1) is 0 Å². The van der Waals surface area contributed by atoms with Crippen LogP contribution in [0, 0.1) is 0 Å². The second-order valence-corrected chi connectivity index (χ2v) is 9.69. The number of carbonyl (C=O) groups is 2. The van der Waals surface area contributed by atoms with Crippen LogP contribution in [-0.2, 0) is 4.74 Å². The van der Waals surface area contributed by atoms with Gasteiger partial charge in [0.05, 0.1) is 24.0 Å². The molecular formula is C24H27N7O5. The van der Waals surface area contributed by atoms with Crippen LogP contribution in [0.3, 0.4) is 0 Å². The quantitative estimate of drug-likeness (QED) is 0.381. The third-order valence-electron chi connectivity index (χ3n) is 5.89. The van der Waals surface area contributed by atoms with E-state index in [1.807, 2.05) is 12.1 Å². The summed E-state index contributed by atoms with van der Waals surface area (Å²) in [6.45, 7) is 5.33. The Kier molecular flexibility index (Phi) is 5.75. The lowest BCUT2D eigenvalue weighted by Gasteiger charge is -2.32. The van der Waals surface area contributed by atoms with Crippen LogP contribution in [0.15, 0.2) is 41.3 Å². The first-order valence-corrected chi connectivity index (χ1v) is 11.5. The maximum atomic E-state index is 13.0. The van der Waals surface area contributed by atoms with E-state index in [4.69, 9.17) is 9.15 Å². The Bertz CT molecular complexity index is 1450. The molecule has 0 unspecified atom stereocenters. The molecule has 1 saturated carbocycles. The van der Waals surface area contributed by atoms with E-state index in [9.17, 15) is 14.7 Å². The molecule has 188 valence electrons. The third kappa shape index (κ3) is 4.42. The van der Waals surface area contributed by atoms with Crippen molar-refractivity contribution in [2.24, 2.45) is 0 Å². The van der Waals surface area contributed by atoms with Crippen molar-refractivity contribution in [2.75, 3.05) is 17.3 Å². The first-order valence-electron chi connectivity index (χ1n) is 11.5. The number of hydrogen-bond acceptors (Lipinski definition) is 9. The summed E-state index contributed by atoms with van der Waals surface area (Å²) in [5, 5.41) is 20.2. The van der Waals surface area contributed by atoms with Crippen molar-refractivity contribution >= 4 is 46.1 Å². The van der Waals surface area contributed by atoms with Gasteiger partial charge < -0.3 is 24.9 Å². The Morgan fingerprint density at radius 1 is 1.28 bits per heavy atom. The highest BCUT2D eigenvalue weighted by molar-refractivity contribution is 6.01. The summed E-state index contributed by atoms with van der Waals surface area (Å²) < 4.78 is 12.3. The number of nitrogens with one attached hydrogen (secondary N) is 2. The van der Waals surface area contributed by atoms with Crippen LogP contribution in [0.4, 0.5) is 22.1 Å². The summed E-state index contributed by atoms with van der Waals surface area (Å²) >= 11 is 0. The highest BCUT2D eigenvalue weighted by Gasteiger charge is 2.32. The zero-order valence-corrected chi connectivity index (χ0v) is 20.3. The SMILES string of the molecule is CN(C(=O)OC(C)(C)C)c1cc(Nc2cccc3ocnc23)nc2c(C(=O)N[C@@H]3CC[C@H]3O)cnn12. The van der Waals surface area contributed by atoms with Crippen LogP contribution in [0.5, 0.6) is 0 Å². The average molecular weight is 494 g/mol. The number of oxazole rings is 1. The molecule has 0 radical (unpaired) electrons. The Hall–Kier alpha value is -4.19. The zero-order chi connectivity index (χ0) is 25.6. The standard InChI is InChI=1S/C24H27N7O5/c1-24(2,3)36-23(34)30(4)19-10-18(27-15-6-5-7-17-20(15)25-12-35-17)29-21-13(11-26-31(19)21)22(33)28-14-8-9-16(14)32/h5-7,10-12,14,16,32H,8-9H2,1-4H3,(H,27,29)(H,28,33)/t14-,16-/m1/s1. The summed E-state index contributed by atoms with van der Waals surface area (Å²) in [5.41, 5.74) is 1.55. The average Bonchev–Trinajstić information content (AvgIpc) is 3.47. The van der Waals surface area contributed by atoms with Crippen molar-refractivity contribution in [1.29, 1.82) is 0 Å². The molecule has 2 amide bonds. The topological polar surface area (TPSA) is 147 Å². The van der Waals surface area contributed by atoms with Crippen LogP contribution < -0.4 is 15.5 Å². The molecule has 1 fully saturated rings. The molecule has 5 rings (SSSR count). The zero-order valence-electron chi connectivity index (χ0n) is 20.3. The Labute approximate surface area is 206 Å². The van der Waals surface area contributed by atoms with Crippen molar-refractivity contribution in [3.63, 3.8) is 0 Å². The molecule has 3 aromatic heterocycles. The summed E-state index contributed by atoms with van der Waals surface area (Å²) in [6, 6.07) is 6.72. The van der Waals surface area contributed by atoms with E-state index in [1.165, 1.54) is 22.0 Å². The number of aliphatic hydroxyl groups is 1. The van der Waals surface area contributed by atoms with Crippen molar-refractivity contribution in [1.82, 2.24) is 24.9 Å². The maximum Gasteiger partial charge on any atom is 0.415 e. The van der Waals surface area contributed by atoms with Crippen molar-refractivity contribution in [3.8, 4) is 0 Å². The van der Waals surface area contributed by atoms with Crippen LogP contribution in [0.1, 0.15) is 44.0 Å². The maximum absolute atomic E-state index is 13.0. The first-order chi connectivity index (χ1) is 17.1. The lowest BCUT2D eigenvalue weighted by Crippen LogP contribution is -2.50. The number of amides is 2. The number of anilines is 3. The fourth-order valence-electron chi connectivity index (χ4n) is 3.86. The number of hydrogen-bond donors (Lipinski definition) is 3. The van der Waals surface area contributed by atoms with Crippen LogP contribution in [0.2, 0.25) is 0 Å². The first kappa shape index (κ1) is 23.5. The van der Waals surface area contributed by atoms with Gasteiger partial charge in [0, 0.05) is 13.1 Å². The Balaban J connectivity index is 1.57. The number of nitrogens with zero attached hydrogens (tertiary/aromatic N) is 5. The van der Waals surface area contributed by atoms with Gasteiger partial charge in [0.1, 0.15) is 28.3 Å². The molecular weight excluding hydrogens is 466 g/mol. The van der Waals surface area contributed by atoms with Gasteiger partial charge in [-0.25, -0.2) is 14.8 Å². The minimum atomic E-state index is -0.708. The second-order valence-electron chi connectivity index (χ2n) is 9.69. The van der Waals surface area contributed by atoms with E-state index in [1.54, 1.807) is 40.0 Å². The number of rotatable bonds is 5. The predicted octanol–water partition coefficient (Wildman–Crippen LogP) is 3.24. The number of fused-ring (bicyclic) bond motifs is 2. The molecule has 1 aliphatic rings. The molecule has 0 bridgehead atoms. The fourth-order valence-corrected chi connectivity index (χ4v) is 3.86. The largest absolute Gasteiger partial charge is 0.443 e. The van der Waals surface area contributed by atoms with Gasteiger partial charge in [-0.2, -0.15) is 9.61 Å². The van der Waals surface area contributed by atoms with E-state index in [2.05, 4.69) is 25.7 Å². The Morgan fingerprint density at radius 3 is 2.78 bits per heavy atom. The summed E-state index contributed by atoms with van der Waals surface area (Å²) in [4.78, 5) is 36.1. The van der Waals surface area contributed by atoms with Gasteiger partial charge in [-0.1, -0.05) is 6.07 Å². The van der Waals surface area contributed by atoms with Gasteiger partial charge >= 0.3 is 6.09 Å². The summed E-state index contributed by atoms with van der Waals surface area (Å²) in [5.74, 6) is 0.260. The smallest absolute Gasteiger partial charge is 0.415 e. The Morgan fingerprint density at radius 2 is 2.08 bits per heavy atom. The lowest BCUT2D eigenvalue weighted by molar-refractivity contribution is 0.0448. The highest BCUT2D eigenvalue weighted by Crippen LogP contribution is 2.29. The molecule has 3 N–H and O–H groups in total. The number of aliphatic hydroxyl groups excluding tert-OH is 1. The molecule has 2 atom stereocenters. The van der Waals surface area contributed by atoms with Crippen LogP contribution >= 0.6 is 0 Å². The fraction of sp³-hybridized carbons (Fsp3) is 0.375. The van der Waals surface area contributed by atoms with Crippen molar-refractivity contribution in [3.05, 3.63) is 42.4 Å². The summed E-state index contributed by atoms with van der Waals surface area (Å²) in [6.07, 6.45) is 2.90. The molecule has 1 aromatic carbocycles. The number of ether oxygens (including phenoxy) is 1. The lowest BCUT2D eigenvalue weighted by atomic mass is 9.89. The molecule has 0 aliphatic heterocycles. The minimum absolute atomic E-state index is 0.205. The van der Waals surface area contributed by atoms with E-state index >= 15 is 0 Å². The normalized spacial score (nSPS) is 17.6. The molecule has 12 heteroatoms. The molecule has 0 spiro atoms. The molecule has 4 aromatic rings. The van der Waals surface area contributed by atoms with E-state index in [0.29, 0.717) is 41.3 Å². The van der Waals surface area contributed by atoms with Crippen LogP contribution in [-0.4, -0.2) is 61.5 Å². The predicted molar refractivity (Wildman–Crippen MR) is 131 cm³/mol. The van der Waals surface area contributed by atoms with E-state index in [0.717, 1.165) is 0 Å². The minimum Gasteiger partial charge on any atom is -0.443 e. The number of carbonyl (C=O) groups excluding carboxylic acids is 2. The van der Waals surface area contributed by atoms with E-state index in [-0.39, 0.29) is 17.3 Å². The molecule has 3 heterocycles. The molecule has 36 heavy (non-hydrogen) atoms. The number of aromatic nitrogens is 4. The van der Waals surface area contributed by atoms with Gasteiger partial charge in [0.25, 0.3) is 5.91 Å². The second kappa shape index (κ2) is 8.79. The molecule has 0 saturated heterocycles. The molecule has 12 nitrogen and oxygen atoms in total. The van der Waals surface area contributed by atoms with Gasteiger partial charge in [-0.05, 0) is 45.7 Å². The van der Waals surface area contributed by atoms with Gasteiger partial charge in [0.2, 0.25) is 0 Å².